The number of likely N-dealkylation sites (tertiary alicyclic amines) is 1. The second-order valence-corrected chi connectivity index (χ2v) is 7.69. The first-order valence-electron chi connectivity index (χ1n) is 10.8. The van der Waals surface area contributed by atoms with E-state index in [1.807, 2.05) is 30.3 Å². The van der Waals surface area contributed by atoms with Gasteiger partial charge in [-0.1, -0.05) is 61.0 Å². The van der Waals surface area contributed by atoms with Crippen LogP contribution in [-0.2, 0) is 24.4 Å². The Labute approximate surface area is 202 Å². The van der Waals surface area contributed by atoms with Gasteiger partial charge in [-0.25, -0.2) is 0 Å². The smallest absolute Gasteiger partial charge is 0.239 e. The van der Waals surface area contributed by atoms with E-state index >= 15 is 0 Å². The third-order valence-corrected chi connectivity index (χ3v) is 5.31. The minimum Gasteiger partial charge on any atom is -0.352 e. The molecule has 1 fully saturated rings. The van der Waals surface area contributed by atoms with Crippen molar-refractivity contribution in [3.63, 3.8) is 0 Å². The molecule has 6 nitrogen and oxygen atoms in total. The summed E-state index contributed by atoms with van der Waals surface area (Å²) in [5, 5.41) is 9.23. The Morgan fingerprint density at radius 3 is 2.13 bits per heavy atom. The molecule has 2 aromatic carbocycles. The van der Waals surface area contributed by atoms with Gasteiger partial charge in [0, 0.05) is 26.7 Å². The minimum atomic E-state index is -0.0659. The van der Waals surface area contributed by atoms with Gasteiger partial charge in [0.15, 0.2) is 5.96 Å². The van der Waals surface area contributed by atoms with Crippen LogP contribution in [0.3, 0.4) is 0 Å². The average molecular weight is 535 g/mol. The van der Waals surface area contributed by atoms with Crippen molar-refractivity contribution in [1.82, 2.24) is 20.9 Å². The van der Waals surface area contributed by atoms with E-state index in [9.17, 15) is 4.79 Å². The fourth-order valence-corrected chi connectivity index (χ4v) is 3.57. The minimum absolute atomic E-state index is 0. The SMILES string of the molecule is CN=C(NCC(=O)NCc1ccccc1)NCc1ccc(CN2CCCCC2)cc1.I. The summed E-state index contributed by atoms with van der Waals surface area (Å²) >= 11 is 0. The monoisotopic (exact) mass is 535 g/mol. The maximum absolute atomic E-state index is 12.1. The fourth-order valence-electron chi connectivity index (χ4n) is 3.57. The summed E-state index contributed by atoms with van der Waals surface area (Å²) in [6, 6.07) is 18.6. The van der Waals surface area contributed by atoms with Crippen LogP contribution in [0.4, 0.5) is 0 Å². The molecule has 0 bridgehead atoms. The first kappa shape index (κ1) is 25.1. The fraction of sp³-hybridized carbons (Fsp3) is 0.417. The molecule has 1 amide bonds. The number of hydrogen-bond donors (Lipinski definition) is 3. The molecule has 1 aliphatic heterocycles. The van der Waals surface area contributed by atoms with Gasteiger partial charge in [-0.05, 0) is 42.6 Å². The van der Waals surface area contributed by atoms with E-state index in [0.29, 0.717) is 19.0 Å². The van der Waals surface area contributed by atoms with Crippen molar-refractivity contribution in [3.05, 3.63) is 71.3 Å². The zero-order valence-corrected chi connectivity index (χ0v) is 20.6. The van der Waals surface area contributed by atoms with Crippen molar-refractivity contribution in [3.8, 4) is 0 Å². The molecular weight excluding hydrogens is 501 g/mol. The number of carbonyl (C=O) groups is 1. The number of guanidine groups is 1. The molecule has 168 valence electrons. The van der Waals surface area contributed by atoms with Gasteiger partial charge in [0.1, 0.15) is 0 Å². The van der Waals surface area contributed by atoms with Crippen molar-refractivity contribution in [2.75, 3.05) is 26.7 Å². The highest BCUT2D eigenvalue weighted by molar-refractivity contribution is 14.0. The standard InChI is InChI=1S/C24H33N5O.HI/c1-25-24(28-18-23(30)26-16-20-8-4-2-5-9-20)27-17-21-10-12-22(13-11-21)19-29-14-6-3-7-15-29;/h2,4-5,8-13H,3,6-7,14-19H2,1H3,(H,26,30)(H2,25,27,28);1H. The normalized spacial score (nSPS) is 14.4. The number of carbonyl (C=O) groups excluding carboxylic acids is 1. The molecule has 1 aliphatic rings. The summed E-state index contributed by atoms with van der Waals surface area (Å²) < 4.78 is 0. The summed E-state index contributed by atoms with van der Waals surface area (Å²) in [6.45, 7) is 4.83. The molecule has 1 heterocycles. The molecule has 3 rings (SSSR count). The molecule has 0 aromatic heterocycles. The summed E-state index contributed by atoms with van der Waals surface area (Å²) in [4.78, 5) is 18.8. The maximum atomic E-state index is 12.1. The lowest BCUT2D eigenvalue weighted by molar-refractivity contribution is -0.120. The first-order valence-corrected chi connectivity index (χ1v) is 10.8. The Morgan fingerprint density at radius 1 is 0.839 bits per heavy atom. The van der Waals surface area contributed by atoms with E-state index in [4.69, 9.17) is 0 Å². The number of amides is 1. The molecule has 0 radical (unpaired) electrons. The number of benzene rings is 2. The molecule has 0 saturated carbocycles. The predicted molar refractivity (Wildman–Crippen MR) is 137 cm³/mol. The predicted octanol–water partition coefficient (Wildman–Crippen LogP) is 3.27. The highest BCUT2D eigenvalue weighted by Crippen LogP contribution is 2.13. The van der Waals surface area contributed by atoms with E-state index in [2.05, 4.69) is 50.1 Å². The third-order valence-electron chi connectivity index (χ3n) is 5.31. The second-order valence-electron chi connectivity index (χ2n) is 7.69. The number of nitrogens with zero attached hydrogens (tertiary/aromatic N) is 2. The Morgan fingerprint density at radius 2 is 1.45 bits per heavy atom. The highest BCUT2D eigenvalue weighted by atomic mass is 127. The van der Waals surface area contributed by atoms with Gasteiger partial charge in [-0.3, -0.25) is 14.7 Å². The van der Waals surface area contributed by atoms with E-state index in [0.717, 1.165) is 12.1 Å². The molecule has 0 spiro atoms. The van der Waals surface area contributed by atoms with Crippen LogP contribution >= 0.6 is 24.0 Å². The van der Waals surface area contributed by atoms with Gasteiger partial charge in [-0.2, -0.15) is 0 Å². The molecule has 0 atom stereocenters. The van der Waals surface area contributed by atoms with Crippen LogP contribution in [0.15, 0.2) is 59.6 Å². The van der Waals surface area contributed by atoms with Crippen molar-refractivity contribution in [2.45, 2.75) is 38.9 Å². The van der Waals surface area contributed by atoms with Gasteiger partial charge < -0.3 is 16.0 Å². The third kappa shape index (κ3) is 9.26. The lowest BCUT2D eigenvalue weighted by Gasteiger charge is -2.26. The number of piperidine rings is 1. The van der Waals surface area contributed by atoms with Gasteiger partial charge in [-0.15, -0.1) is 24.0 Å². The van der Waals surface area contributed by atoms with Crippen molar-refractivity contribution in [2.24, 2.45) is 4.99 Å². The average Bonchev–Trinajstić information content (AvgIpc) is 2.80. The van der Waals surface area contributed by atoms with E-state index in [1.54, 1.807) is 7.05 Å². The van der Waals surface area contributed by atoms with E-state index in [-0.39, 0.29) is 36.4 Å². The zero-order valence-electron chi connectivity index (χ0n) is 18.3. The largest absolute Gasteiger partial charge is 0.352 e. The van der Waals surface area contributed by atoms with Crippen LogP contribution < -0.4 is 16.0 Å². The van der Waals surface area contributed by atoms with Crippen LogP contribution in [0, 0.1) is 0 Å². The van der Waals surface area contributed by atoms with Crippen LogP contribution in [0.1, 0.15) is 36.0 Å². The van der Waals surface area contributed by atoms with Crippen LogP contribution in [0.2, 0.25) is 0 Å². The first-order chi connectivity index (χ1) is 14.7. The highest BCUT2D eigenvalue weighted by Gasteiger charge is 2.10. The van der Waals surface area contributed by atoms with Crippen LogP contribution in [0.25, 0.3) is 0 Å². The quantitative estimate of drug-likeness (QED) is 0.276. The van der Waals surface area contributed by atoms with E-state index < -0.39 is 0 Å². The Kier molecular flexibility index (Phi) is 11.4. The van der Waals surface area contributed by atoms with Gasteiger partial charge in [0.25, 0.3) is 0 Å². The lowest BCUT2D eigenvalue weighted by atomic mass is 10.1. The Bertz CT molecular complexity index is 804. The van der Waals surface area contributed by atoms with Crippen LogP contribution in [0.5, 0.6) is 0 Å². The number of hydrogen-bond acceptors (Lipinski definition) is 3. The summed E-state index contributed by atoms with van der Waals surface area (Å²) in [7, 11) is 1.71. The van der Waals surface area contributed by atoms with Gasteiger partial charge in [0.2, 0.25) is 5.91 Å². The van der Waals surface area contributed by atoms with Crippen molar-refractivity contribution in [1.29, 1.82) is 0 Å². The van der Waals surface area contributed by atoms with Gasteiger partial charge in [0.05, 0.1) is 6.54 Å². The second kappa shape index (κ2) is 14.0. The Balaban J connectivity index is 0.00000341. The molecule has 2 aromatic rings. The summed E-state index contributed by atoms with van der Waals surface area (Å²) in [6.07, 6.45) is 4.00. The number of halogens is 1. The molecule has 7 heteroatoms. The number of aliphatic imine (C=N–C) groups is 1. The van der Waals surface area contributed by atoms with Crippen molar-refractivity contribution < 1.29 is 4.79 Å². The topological polar surface area (TPSA) is 68.8 Å². The van der Waals surface area contributed by atoms with E-state index in [1.165, 1.54) is 43.5 Å². The molecule has 3 N–H and O–H groups in total. The van der Waals surface area contributed by atoms with Crippen molar-refractivity contribution >= 4 is 35.8 Å². The zero-order chi connectivity index (χ0) is 21.0. The molecule has 0 unspecified atom stereocenters. The lowest BCUT2D eigenvalue weighted by Crippen LogP contribution is -2.42. The molecule has 31 heavy (non-hydrogen) atoms. The summed E-state index contributed by atoms with van der Waals surface area (Å²) in [5.74, 6) is 0.547. The Hall–Kier alpha value is -2.13. The molecular formula is C24H34IN5O. The molecule has 1 saturated heterocycles. The molecule has 0 aliphatic carbocycles. The number of rotatable bonds is 8. The van der Waals surface area contributed by atoms with Crippen LogP contribution in [-0.4, -0.2) is 43.4 Å². The number of nitrogens with one attached hydrogen (secondary N) is 3. The van der Waals surface area contributed by atoms with Gasteiger partial charge >= 0.3 is 0 Å². The summed E-state index contributed by atoms with van der Waals surface area (Å²) in [5.41, 5.74) is 3.63. The maximum Gasteiger partial charge on any atom is 0.239 e.